The number of nitrogens with one attached hydrogen (secondary N) is 1. The van der Waals surface area contributed by atoms with Gasteiger partial charge in [0, 0.05) is 12.1 Å². The second-order valence-corrected chi connectivity index (χ2v) is 9.08. The maximum atomic E-state index is 13.3. The Hall–Kier alpha value is -3.36. The molecule has 0 unspecified atom stereocenters. The highest BCUT2D eigenvalue weighted by Gasteiger charge is 2.14. The number of thiophene rings is 1. The third kappa shape index (κ3) is 4.26. The minimum Gasteiger partial charge on any atom is -0.330 e. The van der Waals surface area contributed by atoms with Crippen LogP contribution < -0.4 is 10.9 Å². The molecule has 154 valence electrons. The van der Waals surface area contributed by atoms with Gasteiger partial charge in [-0.25, -0.2) is 4.98 Å². The van der Waals surface area contributed by atoms with Gasteiger partial charge in [0.15, 0.2) is 0 Å². The normalized spacial score (nSPS) is 11.1. The van der Waals surface area contributed by atoms with Crippen molar-refractivity contribution in [1.82, 2.24) is 19.7 Å². The summed E-state index contributed by atoms with van der Waals surface area (Å²) in [6.45, 7) is 2.39. The fourth-order valence-electron chi connectivity index (χ4n) is 3.35. The van der Waals surface area contributed by atoms with E-state index in [9.17, 15) is 4.79 Å². The number of aryl methyl sites for hydroxylation is 1. The van der Waals surface area contributed by atoms with Crippen LogP contribution >= 0.6 is 22.7 Å². The second kappa shape index (κ2) is 8.41. The van der Waals surface area contributed by atoms with E-state index in [0.29, 0.717) is 29.0 Å². The zero-order chi connectivity index (χ0) is 21.2. The van der Waals surface area contributed by atoms with Crippen molar-refractivity contribution in [3.05, 3.63) is 97.7 Å². The van der Waals surface area contributed by atoms with Gasteiger partial charge in [-0.3, -0.25) is 9.36 Å². The number of nitrogens with zero attached hydrogens (tertiary/aromatic N) is 4. The van der Waals surface area contributed by atoms with Crippen molar-refractivity contribution in [3.63, 3.8) is 0 Å². The molecule has 6 nitrogen and oxygen atoms in total. The van der Waals surface area contributed by atoms with Gasteiger partial charge in [0.25, 0.3) is 5.56 Å². The van der Waals surface area contributed by atoms with Crippen LogP contribution in [0.15, 0.2) is 70.2 Å². The summed E-state index contributed by atoms with van der Waals surface area (Å²) in [5.41, 5.74) is 3.95. The summed E-state index contributed by atoms with van der Waals surface area (Å²) < 4.78 is 1.72. The molecule has 31 heavy (non-hydrogen) atoms. The zero-order valence-electron chi connectivity index (χ0n) is 16.8. The fraction of sp³-hybridized carbons (Fsp3) is 0.130. The van der Waals surface area contributed by atoms with Crippen LogP contribution in [-0.4, -0.2) is 19.7 Å². The number of aromatic nitrogens is 4. The van der Waals surface area contributed by atoms with Gasteiger partial charge in [-0.15, -0.1) is 10.2 Å². The van der Waals surface area contributed by atoms with E-state index < -0.39 is 0 Å². The number of para-hydroxylation sites is 1. The first-order valence-electron chi connectivity index (χ1n) is 9.81. The van der Waals surface area contributed by atoms with Crippen LogP contribution in [-0.2, 0) is 13.0 Å². The first-order valence-corrected chi connectivity index (χ1v) is 11.6. The third-order valence-electron chi connectivity index (χ3n) is 4.95. The molecule has 2 aromatic carbocycles. The molecule has 0 aliphatic carbocycles. The molecule has 0 atom stereocenters. The molecule has 0 bridgehead atoms. The Morgan fingerprint density at radius 3 is 2.68 bits per heavy atom. The number of benzene rings is 2. The van der Waals surface area contributed by atoms with Crippen LogP contribution in [0, 0.1) is 6.92 Å². The highest BCUT2D eigenvalue weighted by atomic mass is 32.1. The third-order valence-corrected chi connectivity index (χ3v) is 6.50. The first-order chi connectivity index (χ1) is 15.2. The average Bonchev–Trinajstić information content (AvgIpc) is 3.45. The van der Waals surface area contributed by atoms with Crippen LogP contribution in [0.25, 0.3) is 10.9 Å². The lowest BCUT2D eigenvalue weighted by atomic mass is 10.2. The van der Waals surface area contributed by atoms with Crippen molar-refractivity contribution < 1.29 is 0 Å². The van der Waals surface area contributed by atoms with Crippen LogP contribution in [0.4, 0.5) is 10.8 Å². The minimum atomic E-state index is -0.0564. The SMILES string of the molecule is Cc1ccc(Nc2nnc(Cn3c(Cc4ccsc4)nc4ccccc4c3=O)s2)cc1. The number of anilines is 2. The molecule has 0 saturated carbocycles. The van der Waals surface area contributed by atoms with Crippen molar-refractivity contribution >= 4 is 44.4 Å². The smallest absolute Gasteiger partial charge is 0.261 e. The standard InChI is InChI=1S/C23H19N5OS2/c1-15-6-8-17(9-7-15)24-23-27-26-21(31-23)13-28-20(12-16-10-11-30-14-16)25-19-5-3-2-4-18(19)22(28)29/h2-11,14H,12-13H2,1H3,(H,24,27). The van der Waals surface area contributed by atoms with Crippen LogP contribution in [0.1, 0.15) is 22.0 Å². The predicted octanol–water partition coefficient (Wildman–Crippen LogP) is 5.00. The van der Waals surface area contributed by atoms with Crippen LogP contribution in [0.3, 0.4) is 0 Å². The van der Waals surface area contributed by atoms with Crippen molar-refractivity contribution in [2.24, 2.45) is 0 Å². The summed E-state index contributed by atoms with van der Waals surface area (Å²) in [6, 6.07) is 17.6. The second-order valence-electron chi connectivity index (χ2n) is 7.24. The Balaban J connectivity index is 1.48. The van der Waals surface area contributed by atoms with Crippen molar-refractivity contribution in [3.8, 4) is 0 Å². The molecule has 0 spiro atoms. The number of hydrogen-bond acceptors (Lipinski definition) is 7. The molecule has 8 heteroatoms. The van der Waals surface area contributed by atoms with Gasteiger partial charge in [-0.05, 0) is 53.6 Å². The summed E-state index contributed by atoms with van der Waals surface area (Å²) >= 11 is 3.08. The highest BCUT2D eigenvalue weighted by Crippen LogP contribution is 2.22. The van der Waals surface area contributed by atoms with E-state index in [4.69, 9.17) is 4.98 Å². The van der Waals surface area contributed by atoms with E-state index >= 15 is 0 Å². The summed E-state index contributed by atoms with van der Waals surface area (Å²) in [4.78, 5) is 18.1. The van der Waals surface area contributed by atoms with E-state index in [1.807, 2.05) is 53.9 Å². The van der Waals surface area contributed by atoms with Gasteiger partial charge >= 0.3 is 0 Å². The summed E-state index contributed by atoms with van der Waals surface area (Å²) in [5.74, 6) is 0.727. The summed E-state index contributed by atoms with van der Waals surface area (Å²) in [6.07, 6.45) is 0.594. The molecule has 0 aliphatic heterocycles. The lowest BCUT2D eigenvalue weighted by molar-refractivity contribution is 0.685. The van der Waals surface area contributed by atoms with Gasteiger partial charge in [0.05, 0.1) is 17.4 Å². The molecule has 5 rings (SSSR count). The lowest BCUT2D eigenvalue weighted by Crippen LogP contribution is -2.26. The van der Waals surface area contributed by atoms with Gasteiger partial charge in [0.2, 0.25) is 5.13 Å². The molecule has 3 heterocycles. The molecule has 0 fully saturated rings. The largest absolute Gasteiger partial charge is 0.330 e. The Kier molecular flexibility index (Phi) is 5.31. The Labute approximate surface area is 186 Å². The van der Waals surface area contributed by atoms with Crippen molar-refractivity contribution in [1.29, 1.82) is 0 Å². The lowest BCUT2D eigenvalue weighted by Gasteiger charge is -2.12. The van der Waals surface area contributed by atoms with E-state index in [1.54, 1.807) is 15.9 Å². The minimum absolute atomic E-state index is 0.0564. The van der Waals surface area contributed by atoms with Gasteiger partial charge in [0.1, 0.15) is 10.8 Å². The van der Waals surface area contributed by atoms with E-state index in [0.717, 1.165) is 22.1 Å². The molecule has 0 amide bonds. The first kappa shape index (κ1) is 19.6. The average molecular weight is 446 g/mol. The zero-order valence-corrected chi connectivity index (χ0v) is 18.4. The molecule has 0 radical (unpaired) electrons. The number of hydrogen-bond donors (Lipinski definition) is 1. The van der Waals surface area contributed by atoms with Gasteiger partial charge < -0.3 is 5.32 Å². The van der Waals surface area contributed by atoms with Crippen LogP contribution in [0.2, 0.25) is 0 Å². The van der Waals surface area contributed by atoms with E-state index in [1.165, 1.54) is 16.9 Å². The molecule has 0 saturated heterocycles. The Bertz CT molecular complexity index is 1390. The fourth-order valence-corrected chi connectivity index (χ4v) is 4.77. The highest BCUT2D eigenvalue weighted by molar-refractivity contribution is 7.15. The Morgan fingerprint density at radius 1 is 1.03 bits per heavy atom. The number of rotatable bonds is 6. The number of fused-ring (bicyclic) bond motifs is 1. The van der Waals surface area contributed by atoms with Crippen molar-refractivity contribution in [2.45, 2.75) is 19.9 Å². The summed E-state index contributed by atoms with van der Waals surface area (Å²) in [7, 11) is 0. The molecule has 3 aromatic heterocycles. The molecular weight excluding hydrogens is 426 g/mol. The Morgan fingerprint density at radius 2 is 1.87 bits per heavy atom. The maximum absolute atomic E-state index is 13.3. The molecule has 1 N–H and O–H groups in total. The topological polar surface area (TPSA) is 72.7 Å². The quantitative estimate of drug-likeness (QED) is 0.398. The predicted molar refractivity (Wildman–Crippen MR) is 127 cm³/mol. The van der Waals surface area contributed by atoms with Crippen LogP contribution in [0.5, 0.6) is 0 Å². The molecule has 5 aromatic rings. The van der Waals surface area contributed by atoms with Gasteiger partial charge in [-0.1, -0.05) is 41.2 Å². The van der Waals surface area contributed by atoms with Gasteiger partial charge in [-0.2, -0.15) is 11.3 Å². The van der Waals surface area contributed by atoms with E-state index in [-0.39, 0.29) is 5.56 Å². The maximum Gasteiger partial charge on any atom is 0.261 e. The molecule has 0 aliphatic rings. The monoisotopic (exact) mass is 445 g/mol. The molecular formula is C23H19N5OS2. The van der Waals surface area contributed by atoms with E-state index in [2.05, 4.69) is 33.9 Å². The van der Waals surface area contributed by atoms with Crippen molar-refractivity contribution in [2.75, 3.05) is 5.32 Å². The summed E-state index contributed by atoms with van der Waals surface area (Å²) in [5, 5.41) is 18.0.